The van der Waals surface area contributed by atoms with E-state index in [1.807, 2.05) is 0 Å². The third kappa shape index (κ3) is 5.44. The van der Waals surface area contributed by atoms with E-state index in [0.717, 1.165) is 12.1 Å². The van der Waals surface area contributed by atoms with E-state index in [1.54, 1.807) is 6.92 Å². The summed E-state index contributed by atoms with van der Waals surface area (Å²) in [6.45, 7) is 1.97. The van der Waals surface area contributed by atoms with Crippen LogP contribution in [-0.4, -0.2) is 18.9 Å². The van der Waals surface area contributed by atoms with Crippen LogP contribution < -0.4 is 4.74 Å². The molecule has 1 rings (SSSR count). The van der Waals surface area contributed by atoms with E-state index in [0.29, 0.717) is 0 Å². The number of hydrogen-bond acceptors (Lipinski definition) is 3. The Bertz CT molecular complexity index is 382. The van der Waals surface area contributed by atoms with Gasteiger partial charge < -0.3 is 9.47 Å². The highest BCUT2D eigenvalue weighted by Crippen LogP contribution is 2.23. The first-order valence-electron chi connectivity index (χ1n) is 4.50. The van der Waals surface area contributed by atoms with Gasteiger partial charge in [0.25, 0.3) is 0 Å². The monoisotopic (exact) mass is 269 g/mol. The Balaban J connectivity index is 0.00000256. The summed E-state index contributed by atoms with van der Waals surface area (Å²) in [5.74, 6) is -0.551. The molecule has 1 aromatic carbocycles. The van der Waals surface area contributed by atoms with Crippen LogP contribution in [0, 0.1) is 5.41 Å². The summed E-state index contributed by atoms with van der Waals surface area (Å²) >= 11 is 0. The predicted molar refractivity (Wildman–Crippen MR) is 58.8 cm³/mol. The summed E-state index contributed by atoms with van der Waals surface area (Å²) in [6.07, 6.45) is -4.73. The Morgan fingerprint density at radius 3 is 2.53 bits per heavy atom. The Hall–Kier alpha value is -1.43. The minimum atomic E-state index is -4.73. The Morgan fingerprint density at radius 1 is 1.35 bits per heavy atom. The molecule has 0 heterocycles. The van der Waals surface area contributed by atoms with Gasteiger partial charge in [0.15, 0.2) is 0 Å². The lowest BCUT2D eigenvalue weighted by Crippen LogP contribution is -2.17. The first-order chi connectivity index (χ1) is 7.42. The summed E-state index contributed by atoms with van der Waals surface area (Å²) in [5.41, 5.74) is 0.239. The van der Waals surface area contributed by atoms with Crippen molar-refractivity contribution in [1.82, 2.24) is 0 Å². The Kier molecular flexibility index (Phi) is 5.81. The highest BCUT2D eigenvalue weighted by atomic mass is 35.5. The molecule has 0 bridgehead atoms. The smallest absolute Gasteiger partial charge is 0.478 e. The molecular weight excluding hydrogens is 259 g/mol. The third-order valence-electron chi connectivity index (χ3n) is 1.62. The summed E-state index contributed by atoms with van der Waals surface area (Å²) < 4.78 is 44.3. The molecule has 3 nitrogen and oxygen atoms in total. The molecular formula is C10H11ClF3NO2. The van der Waals surface area contributed by atoms with E-state index >= 15 is 0 Å². The molecule has 0 aliphatic rings. The average Bonchev–Trinajstić information content (AvgIpc) is 2.16. The number of benzene rings is 1. The molecule has 0 saturated carbocycles. The molecule has 96 valence electrons. The summed E-state index contributed by atoms with van der Waals surface area (Å²) in [4.78, 5) is 0. The summed E-state index contributed by atoms with van der Waals surface area (Å²) in [7, 11) is 0. The van der Waals surface area contributed by atoms with Gasteiger partial charge in [0.1, 0.15) is 5.75 Å². The van der Waals surface area contributed by atoms with E-state index in [4.69, 9.17) is 10.1 Å². The second-order valence-electron chi connectivity index (χ2n) is 2.84. The van der Waals surface area contributed by atoms with Gasteiger partial charge in [-0.3, -0.25) is 5.41 Å². The maximum Gasteiger partial charge on any atom is 0.573 e. The molecule has 0 radical (unpaired) electrons. The van der Waals surface area contributed by atoms with Gasteiger partial charge in [-0.2, -0.15) is 0 Å². The van der Waals surface area contributed by atoms with Gasteiger partial charge in [-0.05, 0) is 25.1 Å². The molecule has 1 aromatic rings. The molecule has 7 heteroatoms. The van der Waals surface area contributed by atoms with Crippen LogP contribution in [0.3, 0.4) is 0 Å². The van der Waals surface area contributed by atoms with Gasteiger partial charge in [-0.15, -0.1) is 25.6 Å². The molecule has 17 heavy (non-hydrogen) atoms. The van der Waals surface area contributed by atoms with Crippen LogP contribution in [0.25, 0.3) is 0 Å². The van der Waals surface area contributed by atoms with Crippen molar-refractivity contribution < 1.29 is 22.6 Å². The van der Waals surface area contributed by atoms with Crippen LogP contribution in [0.15, 0.2) is 24.3 Å². The molecule has 0 aliphatic heterocycles. The highest BCUT2D eigenvalue weighted by Gasteiger charge is 2.31. The number of alkyl halides is 3. The molecule has 0 fully saturated rings. The quantitative estimate of drug-likeness (QED) is 0.675. The van der Waals surface area contributed by atoms with Gasteiger partial charge in [0.2, 0.25) is 5.90 Å². The molecule has 0 amide bonds. The normalized spacial score (nSPS) is 10.4. The van der Waals surface area contributed by atoms with Gasteiger partial charge in [0, 0.05) is 5.56 Å². The number of hydrogen-bond donors (Lipinski definition) is 1. The molecule has 0 spiro atoms. The number of ether oxygens (including phenoxy) is 2. The van der Waals surface area contributed by atoms with E-state index in [2.05, 4.69) is 4.74 Å². The Morgan fingerprint density at radius 2 is 2.00 bits per heavy atom. The van der Waals surface area contributed by atoms with Crippen LogP contribution >= 0.6 is 12.4 Å². The fourth-order valence-corrected chi connectivity index (χ4v) is 1.06. The van der Waals surface area contributed by atoms with Crippen molar-refractivity contribution >= 4 is 18.3 Å². The standard InChI is InChI=1S/C10H10F3NO2.ClH/c1-2-15-9(14)7-4-3-5-8(6-7)16-10(11,12)13;/h3-6,14H,2H2,1H3;1H. The molecule has 0 saturated heterocycles. The average molecular weight is 270 g/mol. The minimum absolute atomic E-state index is 0. The van der Waals surface area contributed by atoms with Crippen molar-refractivity contribution in [2.75, 3.05) is 6.61 Å². The van der Waals surface area contributed by atoms with Crippen LogP contribution in [0.2, 0.25) is 0 Å². The van der Waals surface area contributed by atoms with Crippen LogP contribution in [0.4, 0.5) is 13.2 Å². The second-order valence-corrected chi connectivity index (χ2v) is 2.84. The van der Waals surface area contributed by atoms with E-state index in [-0.39, 0.29) is 36.2 Å². The largest absolute Gasteiger partial charge is 0.573 e. The molecule has 0 atom stereocenters. The SMILES string of the molecule is CCOC(=N)c1cccc(OC(F)(F)F)c1.Cl. The first-order valence-corrected chi connectivity index (χ1v) is 4.50. The van der Waals surface area contributed by atoms with Crippen molar-refractivity contribution in [3.8, 4) is 5.75 Å². The predicted octanol–water partition coefficient (Wildman–Crippen LogP) is 3.37. The zero-order chi connectivity index (χ0) is 12.2. The van der Waals surface area contributed by atoms with Crippen LogP contribution in [-0.2, 0) is 4.74 Å². The van der Waals surface area contributed by atoms with E-state index < -0.39 is 6.36 Å². The number of rotatable bonds is 3. The van der Waals surface area contributed by atoms with Gasteiger partial charge >= 0.3 is 6.36 Å². The second kappa shape index (κ2) is 6.34. The van der Waals surface area contributed by atoms with Crippen molar-refractivity contribution in [2.45, 2.75) is 13.3 Å². The lowest BCUT2D eigenvalue weighted by atomic mass is 10.2. The van der Waals surface area contributed by atoms with Crippen molar-refractivity contribution in [2.24, 2.45) is 0 Å². The van der Waals surface area contributed by atoms with Crippen molar-refractivity contribution in [3.05, 3.63) is 29.8 Å². The highest BCUT2D eigenvalue weighted by molar-refractivity contribution is 5.91. The number of nitrogens with one attached hydrogen (secondary N) is 1. The fourth-order valence-electron chi connectivity index (χ4n) is 1.06. The molecule has 0 aromatic heterocycles. The maximum atomic E-state index is 11.9. The van der Waals surface area contributed by atoms with Crippen LogP contribution in [0.5, 0.6) is 5.75 Å². The molecule has 0 unspecified atom stereocenters. The summed E-state index contributed by atoms with van der Waals surface area (Å²) in [6, 6.07) is 5.10. The molecule has 0 aliphatic carbocycles. The Labute approximate surface area is 102 Å². The first kappa shape index (κ1) is 15.6. The van der Waals surface area contributed by atoms with Gasteiger partial charge in [0.05, 0.1) is 6.61 Å². The lowest BCUT2D eigenvalue weighted by Gasteiger charge is -2.10. The topological polar surface area (TPSA) is 42.3 Å². The summed E-state index contributed by atoms with van der Waals surface area (Å²) in [5, 5.41) is 7.40. The van der Waals surface area contributed by atoms with E-state index in [9.17, 15) is 13.2 Å². The minimum Gasteiger partial charge on any atom is -0.478 e. The lowest BCUT2D eigenvalue weighted by molar-refractivity contribution is -0.274. The fraction of sp³-hybridized carbons (Fsp3) is 0.300. The van der Waals surface area contributed by atoms with Crippen molar-refractivity contribution in [1.29, 1.82) is 5.41 Å². The van der Waals surface area contributed by atoms with E-state index in [1.165, 1.54) is 12.1 Å². The van der Waals surface area contributed by atoms with Crippen molar-refractivity contribution in [3.63, 3.8) is 0 Å². The third-order valence-corrected chi connectivity index (χ3v) is 1.62. The number of halogens is 4. The van der Waals surface area contributed by atoms with Gasteiger partial charge in [-0.25, -0.2) is 0 Å². The van der Waals surface area contributed by atoms with Gasteiger partial charge in [-0.1, -0.05) is 6.07 Å². The molecule has 1 N–H and O–H groups in total. The van der Waals surface area contributed by atoms with Crippen LogP contribution in [0.1, 0.15) is 12.5 Å². The zero-order valence-electron chi connectivity index (χ0n) is 8.88. The maximum absolute atomic E-state index is 11.9. The zero-order valence-corrected chi connectivity index (χ0v) is 9.69.